The molecule has 28 heavy (non-hydrogen) atoms. The summed E-state index contributed by atoms with van der Waals surface area (Å²) in [6.07, 6.45) is -0.187. The van der Waals surface area contributed by atoms with E-state index in [9.17, 15) is 19.8 Å². The van der Waals surface area contributed by atoms with E-state index in [-0.39, 0.29) is 17.7 Å². The highest BCUT2D eigenvalue weighted by molar-refractivity contribution is 6.25. The summed E-state index contributed by atoms with van der Waals surface area (Å²) in [4.78, 5) is 25.6. The highest BCUT2D eigenvalue weighted by Crippen LogP contribution is 2.38. The topological polar surface area (TPSA) is 98.7 Å². The fraction of sp³-hybridized carbons (Fsp3) is 0.273. The predicted molar refractivity (Wildman–Crippen MR) is 105 cm³/mol. The summed E-state index contributed by atoms with van der Waals surface area (Å²) in [7, 11) is 0. The molecule has 1 heterocycles. The molecular formula is C22H22N2O4. The zero-order valence-corrected chi connectivity index (χ0v) is 15.6. The summed E-state index contributed by atoms with van der Waals surface area (Å²) < 4.78 is 0. The Morgan fingerprint density at radius 2 is 1.71 bits per heavy atom. The molecule has 6 heteroatoms. The normalized spacial score (nSPS) is 27.1. The summed E-state index contributed by atoms with van der Waals surface area (Å²) in [6, 6.07) is 12.3. The average Bonchev–Trinajstić information content (AvgIpc) is 3.01. The van der Waals surface area contributed by atoms with Crippen LogP contribution >= 0.6 is 0 Å². The van der Waals surface area contributed by atoms with E-state index in [2.05, 4.69) is 10.6 Å². The molecule has 144 valence electrons. The minimum absolute atomic E-state index is 0.162. The molecule has 4 atom stereocenters. The van der Waals surface area contributed by atoms with E-state index in [0.29, 0.717) is 22.4 Å². The monoisotopic (exact) mass is 378 g/mol. The van der Waals surface area contributed by atoms with E-state index >= 15 is 0 Å². The van der Waals surface area contributed by atoms with Crippen LogP contribution < -0.4 is 10.6 Å². The molecule has 1 aliphatic heterocycles. The van der Waals surface area contributed by atoms with Gasteiger partial charge in [-0.25, -0.2) is 0 Å². The van der Waals surface area contributed by atoms with Crippen molar-refractivity contribution in [1.29, 1.82) is 0 Å². The van der Waals surface area contributed by atoms with Gasteiger partial charge in [-0.05, 0) is 24.1 Å². The van der Waals surface area contributed by atoms with Crippen molar-refractivity contribution in [2.24, 2.45) is 5.92 Å². The fourth-order valence-electron chi connectivity index (χ4n) is 3.97. The first-order valence-electron chi connectivity index (χ1n) is 9.31. The number of aliphatic hydroxyl groups excluding tert-OH is 2. The van der Waals surface area contributed by atoms with Gasteiger partial charge in [-0.3, -0.25) is 9.59 Å². The maximum Gasteiger partial charge on any atom is 0.256 e. The second-order valence-corrected chi connectivity index (χ2v) is 7.40. The molecule has 1 saturated heterocycles. The van der Waals surface area contributed by atoms with Crippen LogP contribution in [0.2, 0.25) is 0 Å². The Morgan fingerprint density at radius 1 is 1.04 bits per heavy atom. The third-order valence-corrected chi connectivity index (χ3v) is 5.62. The maximum atomic E-state index is 12.8. The molecule has 0 saturated carbocycles. The number of carbonyl (C=O) groups excluding carboxylic acids is 2. The molecule has 2 aromatic rings. The minimum Gasteiger partial charge on any atom is -0.391 e. The summed E-state index contributed by atoms with van der Waals surface area (Å²) in [6.45, 7) is 3.56. The molecule has 1 amide bonds. The van der Waals surface area contributed by atoms with Crippen molar-refractivity contribution >= 4 is 11.7 Å². The zero-order valence-electron chi connectivity index (χ0n) is 15.6. The van der Waals surface area contributed by atoms with Crippen molar-refractivity contribution in [3.8, 4) is 11.1 Å². The number of hydrogen-bond acceptors (Lipinski definition) is 5. The van der Waals surface area contributed by atoms with E-state index in [4.69, 9.17) is 0 Å². The van der Waals surface area contributed by atoms with Gasteiger partial charge in [-0.1, -0.05) is 43.3 Å². The van der Waals surface area contributed by atoms with Crippen LogP contribution in [0.25, 0.3) is 11.1 Å². The van der Waals surface area contributed by atoms with Gasteiger partial charge in [0.15, 0.2) is 5.78 Å². The third-order valence-electron chi connectivity index (χ3n) is 5.62. The summed E-state index contributed by atoms with van der Waals surface area (Å²) in [5.74, 6) is -0.951. The lowest BCUT2D eigenvalue weighted by Crippen LogP contribution is -2.53. The van der Waals surface area contributed by atoms with Crippen LogP contribution in [0.3, 0.4) is 0 Å². The van der Waals surface area contributed by atoms with Crippen molar-refractivity contribution < 1.29 is 19.8 Å². The first-order chi connectivity index (χ1) is 13.4. The Labute approximate surface area is 162 Å². The Morgan fingerprint density at radius 3 is 2.46 bits per heavy atom. The Balaban J connectivity index is 1.62. The van der Waals surface area contributed by atoms with E-state index < -0.39 is 18.1 Å². The zero-order chi connectivity index (χ0) is 20.0. The van der Waals surface area contributed by atoms with Crippen LogP contribution in [0.4, 0.5) is 0 Å². The largest absolute Gasteiger partial charge is 0.391 e. The van der Waals surface area contributed by atoms with E-state index in [1.54, 1.807) is 31.2 Å². The molecular weight excluding hydrogens is 356 g/mol. The average molecular weight is 378 g/mol. The van der Waals surface area contributed by atoms with E-state index in [0.717, 1.165) is 11.1 Å². The lowest BCUT2D eigenvalue weighted by Gasteiger charge is -2.37. The van der Waals surface area contributed by atoms with Gasteiger partial charge in [0, 0.05) is 29.3 Å². The highest BCUT2D eigenvalue weighted by Gasteiger charge is 2.35. The number of ketones is 1. The van der Waals surface area contributed by atoms with Crippen LogP contribution in [-0.4, -0.2) is 40.2 Å². The predicted octanol–water partition coefficient (Wildman–Crippen LogP) is 1.82. The fourth-order valence-corrected chi connectivity index (χ4v) is 3.97. The molecule has 0 spiro atoms. The van der Waals surface area contributed by atoms with Crippen molar-refractivity contribution in [1.82, 2.24) is 10.6 Å². The number of piperidine rings is 1. The molecule has 6 nitrogen and oxygen atoms in total. The SMILES string of the molecule is C[C@@H]1[C@H](O)[C@H](C)N/C(=C/NC(=O)c2cccc3c2C(=O)c2ccccc2-3)[C@H]1O. The van der Waals surface area contributed by atoms with Gasteiger partial charge in [-0.15, -0.1) is 0 Å². The Kier molecular flexibility index (Phi) is 4.53. The van der Waals surface area contributed by atoms with Gasteiger partial charge in [0.1, 0.15) is 0 Å². The molecule has 2 aliphatic rings. The van der Waals surface area contributed by atoms with Gasteiger partial charge in [-0.2, -0.15) is 0 Å². The number of benzene rings is 2. The van der Waals surface area contributed by atoms with E-state index in [1.807, 2.05) is 25.1 Å². The molecule has 2 aromatic carbocycles. The van der Waals surface area contributed by atoms with Gasteiger partial charge in [0.25, 0.3) is 5.91 Å². The summed E-state index contributed by atoms with van der Waals surface area (Å²) >= 11 is 0. The maximum absolute atomic E-state index is 12.8. The quantitative estimate of drug-likeness (QED) is 0.545. The molecule has 0 bridgehead atoms. The summed E-state index contributed by atoms with van der Waals surface area (Å²) in [5.41, 5.74) is 3.30. The van der Waals surface area contributed by atoms with Gasteiger partial charge in [0.05, 0.1) is 23.5 Å². The molecule has 0 radical (unpaired) electrons. The smallest absolute Gasteiger partial charge is 0.256 e. The number of aliphatic hydroxyl groups is 2. The highest BCUT2D eigenvalue weighted by atomic mass is 16.3. The number of carbonyl (C=O) groups is 2. The Hall–Kier alpha value is -2.96. The molecule has 1 fully saturated rings. The third kappa shape index (κ3) is 2.82. The lowest BCUT2D eigenvalue weighted by atomic mass is 9.87. The molecule has 4 N–H and O–H groups in total. The number of amides is 1. The number of nitrogens with one attached hydrogen (secondary N) is 2. The van der Waals surface area contributed by atoms with Crippen LogP contribution in [-0.2, 0) is 0 Å². The second kappa shape index (κ2) is 6.89. The first-order valence-corrected chi connectivity index (χ1v) is 9.31. The van der Waals surface area contributed by atoms with E-state index in [1.165, 1.54) is 6.20 Å². The van der Waals surface area contributed by atoms with Crippen molar-refractivity contribution in [3.05, 3.63) is 71.1 Å². The number of rotatable bonds is 2. The molecule has 0 aromatic heterocycles. The van der Waals surface area contributed by atoms with Gasteiger partial charge >= 0.3 is 0 Å². The molecule has 4 rings (SSSR count). The number of hydrogen-bond donors (Lipinski definition) is 4. The van der Waals surface area contributed by atoms with Crippen molar-refractivity contribution in [2.45, 2.75) is 32.1 Å². The van der Waals surface area contributed by atoms with Gasteiger partial charge < -0.3 is 20.8 Å². The Bertz CT molecular complexity index is 998. The van der Waals surface area contributed by atoms with Crippen LogP contribution in [0.1, 0.15) is 40.1 Å². The van der Waals surface area contributed by atoms with Crippen LogP contribution in [0.15, 0.2) is 54.4 Å². The van der Waals surface area contributed by atoms with Gasteiger partial charge in [0.2, 0.25) is 0 Å². The van der Waals surface area contributed by atoms with Crippen molar-refractivity contribution in [3.63, 3.8) is 0 Å². The second-order valence-electron chi connectivity index (χ2n) is 7.40. The minimum atomic E-state index is -0.918. The number of fused-ring (bicyclic) bond motifs is 3. The van der Waals surface area contributed by atoms with Crippen LogP contribution in [0.5, 0.6) is 0 Å². The first kappa shape index (κ1) is 18.4. The standard InChI is InChI=1S/C22H22N2O4/c1-11-19(25)12(2)24-17(20(11)26)10-23-22(28)16-9-5-8-14-13-6-3-4-7-15(13)21(27)18(14)16/h3-12,19-20,24-26H,1-2H3,(H,23,28)/b17-10+/t11-,12+,19+,20+/m1/s1. The molecule has 0 unspecified atom stereocenters. The van der Waals surface area contributed by atoms with Crippen molar-refractivity contribution in [2.75, 3.05) is 0 Å². The summed E-state index contributed by atoms with van der Waals surface area (Å²) in [5, 5.41) is 26.0. The lowest BCUT2D eigenvalue weighted by molar-refractivity contribution is -0.00511. The molecule has 1 aliphatic carbocycles. The van der Waals surface area contributed by atoms with Crippen LogP contribution in [0, 0.1) is 5.92 Å².